The van der Waals surface area contributed by atoms with Crippen LogP contribution >= 0.6 is 0 Å². The molecule has 1 N–H and O–H groups in total. The standard InChI is InChI=1S/C19H23NSi/c1-21(2,3)14-18(15-9-5-4-6-10-15)17-13-20-19-12-8-7-11-16(17)19/h4-13,18,20H,14H2,1-3H3. The van der Waals surface area contributed by atoms with Gasteiger partial charge in [0, 0.05) is 31.1 Å². The van der Waals surface area contributed by atoms with E-state index >= 15 is 0 Å². The summed E-state index contributed by atoms with van der Waals surface area (Å²) < 4.78 is 0. The van der Waals surface area contributed by atoms with Gasteiger partial charge in [0.2, 0.25) is 0 Å². The lowest BCUT2D eigenvalue weighted by Gasteiger charge is -2.25. The van der Waals surface area contributed by atoms with Crippen molar-refractivity contribution in [1.29, 1.82) is 0 Å². The zero-order valence-corrected chi connectivity index (χ0v) is 14.1. The molecule has 108 valence electrons. The number of aromatic nitrogens is 1. The molecular formula is C19H23NSi. The van der Waals surface area contributed by atoms with Crippen LogP contribution in [0, 0.1) is 0 Å². The molecule has 0 spiro atoms. The van der Waals surface area contributed by atoms with Crippen LogP contribution in [0.25, 0.3) is 10.9 Å². The Balaban J connectivity index is 2.11. The van der Waals surface area contributed by atoms with Crippen molar-refractivity contribution in [1.82, 2.24) is 4.98 Å². The van der Waals surface area contributed by atoms with Gasteiger partial charge in [-0.25, -0.2) is 0 Å². The zero-order valence-electron chi connectivity index (χ0n) is 13.1. The van der Waals surface area contributed by atoms with Crippen molar-refractivity contribution in [2.45, 2.75) is 31.6 Å². The molecule has 2 aromatic carbocycles. The molecule has 1 aromatic heterocycles. The van der Waals surface area contributed by atoms with E-state index in [1.165, 1.54) is 28.1 Å². The van der Waals surface area contributed by atoms with E-state index in [0.29, 0.717) is 5.92 Å². The molecule has 1 heterocycles. The molecule has 0 amide bonds. The first-order valence-electron chi connectivity index (χ1n) is 7.65. The summed E-state index contributed by atoms with van der Waals surface area (Å²) in [5.41, 5.74) is 4.12. The van der Waals surface area contributed by atoms with Crippen molar-refractivity contribution < 1.29 is 0 Å². The third-order valence-electron chi connectivity index (χ3n) is 4.02. The Morgan fingerprint density at radius 1 is 0.905 bits per heavy atom. The fourth-order valence-electron chi connectivity index (χ4n) is 3.09. The number of benzene rings is 2. The minimum Gasteiger partial charge on any atom is -0.361 e. The van der Waals surface area contributed by atoms with Gasteiger partial charge in [-0.3, -0.25) is 0 Å². The van der Waals surface area contributed by atoms with Gasteiger partial charge in [0.05, 0.1) is 0 Å². The minimum atomic E-state index is -1.16. The predicted molar refractivity (Wildman–Crippen MR) is 94.7 cm³/mol. The number of hydrogen-bond donors (Lipinski definition) is 1. The van der Waals surface area contributed by atoms with Gasteiger partial charge >= 0.3 is 0 Å². The van der Waals surface area contributed by atoms with Crippen LogP contribution in [0.3, 0.4) is 0 Å². The Hall–Kier alpha value is -1.80. The molecule has 0 bridgehead atoms. The molecule has 0 aliphatic heterocycles. The summed E-state index contributed by atoms with van der Waals surface area (Å²) in [5, 5.41) is 1.37. The fourth-order valence-corrected chi connectivity index (χ4v) is 4.77. The van der Waals surface area contributed by atoms with Crippen molar-refractivity contribution in [2.24, 2.45) is 0 Å². The van der Waals surface area contributed by atoms with Crippen LogP contribution in [0.1, 0.15) is 17.0 Å². The van der Waals surface area contributed by atoms with Crippen LogP contribution in [0.5, 0.6) is 0 Å². The van der Waals surface area contributed by atoms with E-state index in [9.17, 15) is 0 Å². The van der Waals surface area contributed by atoms with Crippen molar-refractivity contribution in [3.05, 3.63) is 71.9 Å². The third kappa shape index (κ3) is 3.11. The smallest absolute Gasteiger partial charge is 0.0457 e. The molecule has 1 atom stereocenters. The van der Waals surface area contributed by atoms with Gasteiger partial charge in [0.1, 0.15) is 0 Å². The van der Waals surface area contributed by atoms with E-state index in [-0.39, 0.29) is 0 Å². The second kappa shape index (κ2) is 5.53. The van der Waals surface area contributed by atoms with Crippen LogP contribution in [0.4, 0.5) is 0 Å². The maximum Gasteiger partial charge on any atom is 0.0457 e. The highest BCUT2D eigenvalue weighted by Crippen LogP contribution is 2.36. The Labute approximate surface area is 128 Å². The molecule has 3 rings (SSSR count). The Morgan fingerprint density at radius 3 is 2.29 bits per heavy atom. The summed E-state index contributed by atoms with van der Waals surface area (Å²) in [6.07, 6.45) is 2.21. The lowest BCUT2D eigenvalue weighted by atomic mass is 9.92. The van der Waals surface area contributed by atoms with E-state index in [1.54, 1.807) is 0 Å². The van der Waals surface area contributed by atoms with Crippen molar-refractivity contribution in [2.75, 3.05) is 0 Å². The van der Waals surface area contributed by atoms with Gasteiger partial charge in [0.15, 0.2) is 0 Å². The van der Waals surface area contributed by atoms with Gasteiger partial charge in [-0.1, -0.05) is 68.2 Å². The predicted octanol–water partition coefficient (Wildman–Crippen LogP) is 5.64. The summed E-state index contributed by atoms with van der Waals surface area (Å²) >= 11 is 0. The number of H-pyrrole nitrogens is 1. The summed E-state index contributed by atoms with van der Waals surface area (Å²) in [6, 6.07) is 20.9. The number of rotatable bonds is 4. The number of para-hydroxylation sites is 1. The summed E-state index contributed by atoms with van der Waals surface area (Å²) in [5.74, 6) is 0.494. The number of fused-ring (bicyclic) bond motifs is 1. The van der Waals surface area contributed by atoms with Gasteiger partial charge in [-0.2, -0.15) is 0 Å². The quantitative estimate of drug-likeness (QED) is 0.599. The fraction of sp³-hybridized carbons (Fsp3) is 0.263. The number of aromatic amines is 1. The molecule has 0 radical (unpaired) electrons. The maximum atomic E-state index is 3.44. The Kier molecular flexibility index (Phi) is 3.73. The lowest BCUT2D eigenvalue weighted by molar-refractivity contribution is 0.907. The highest BCUT2D eigenvalue weighted by Gasteiger charge is 2.25. The summed E-state index contributed by atoms with van der Waals surface area (Å²) in [6.45, 7) is 7.37. The van der Waals surface area contributed by atoms with Gasteiger partial charge in [-0.05, 0) is 23.2 Å². The van der Waals surface area contributed by atoms with Crippen LogP contribution in [0.2, 0.25) is 25.7 Å². The van der Waals surface area contributed by atoms with E-state index in [4.69, 9.17) is 0 Å². The first-order valence-corrected chi connectivity index (χ1v) is 11.4. The molecule has 21 heavy (non-hydrogen) atoms. The molecule has 1 unspecified atom stereocenters. The van der Waals surface area contributed by atoms with Crippen molar-refractivity contribution in [3.8, 4) is 0 Å². The molecule has 0 saturated heterocycles. The van der Waals surface area contributed by atoms with Gasteiger partial charge < -0.3 is 4.98 Å². The topological polar surface area (TPSA) is 15.8 Å². The van der Waals surface area contributed by atoms with Gasteiger partial charge in [0.25, 0.3) is 0 Å². The van der Waals surface area contributed by atoms with Gasteiger partial charge in [-0.15, -0.1) is 0 Å². The van der Waals surface area contributed by atoms with E-state index in [0.717, 1.165) is 0 Å². The molecule has 3 aromatic rings. The molecule has 2 heteroatoms. The molecular weight excluding hydrogens is 270 g/mol. The largest absolute Gasteiger partial charge is 0.361 e. The Morgan fingerprint density at radius 2 is 1.57 bits per heavy atom. The van der Waals surface area contributed by atoms with Crippen molar-refractivity contribution in [3.63, 3.8) is 0 Å². The van der Waals surface area contributed by atoms with Crippen molar-refractivity contribution >= 4 is 19.0 Å². The molecule has 0 aliphatic carbocycles. The monoisotopic (exact) mass is 293 g/mol. The van der Waals surface area contributed by atoms with E-state index < -0.39 is 8.07 Å². The number of nitrogens with one attached hydrogen (secondary N) is 1. The third-order valence-corrected chi connectivity index (χ3v) is 5.65. The minimum absolute atomic E-state index is 0.494. The average molecular weight is 293 g/mol. The maximum absolute atomic E-state index is 3.44. The second-order valence-electron chi connectivity index (χ2n) is 7.02. The molecule has 0 aliphatic rings. The van der Waals surface area contributed by atoms with E-state index in [1.807, 2.05) is 0 Å². The molecule has 1 nitrogen and oxygen atoms in total. The summed E-state index contributed by atoms with van der Waals surface area (Å²) in [7, 11) is -1.16. The number of hydrogen-bond acceptors (Lipinski definition) is 0. The van der Waals surface area contributed by atoms with E-state index in [2.05, 4.69) is 85.4 Å². The SMILES string of the molecule is C[Si](C)(C)CC(c1ccccc1)c1c[nH]c2ccccc12. The first-order chi connectivity index (χ1) is 10.0. The average Bonchev–Trinajstić information content (AvgIpc) is 2.89. The van der Waals surface area contributed by atoms with Crippen LogP contribution in [-0.2, 0) is 0 Å². The first kappa shape index (κ1) is 14.1. The van der Waals surface area contributed by atoms with Crippen LogP contribution in [0.15, 0.2) is 60.8 Å². The Bertz CT molecular complexity index is 722. The van der Waals surface area contributed by atoms with Crippen LogP contribution in [-0.4, -0.2) is 13.1 Å². The zero-order chi connectivity index (χ0) is 14.9. The molecule has 0 fully saturated rings. The van der Waals surface area contributed by atoms with Crippen LogP contribution < -0.4 is 0 Å². The summed E-state index contributed by atoms with van der Waals surface area (Å²) in [4.78, 5) is 3.44. The highest BCUT2D eigenvalue weighted by atomic mass is 28.3. The highest BCUT2D eigenvalue weighted by molar-refractivity contribution is 6.76. The lowest BCUT2D eigenvalue weighted by Crippen LogP contribution is -2.23. The molecule has 0 saturated carbocycles. The second-order valence-corrected chi connectivity index (χ2v) is 12.5. The normalized spacial score (nSPS) is 13.5.